The molecule has 0 saturated carbocycles. The van der Waals surface area contributed by atoms with Crippen molar-refractivity contribution in [2.24, 2.45) is 4.99 Å². The number of halogens is 8. The molecule has 23 nitrogen and oxygen atoms in total. The highest BCUT2D eigenvalue weighted by Crippen LogP contribution is 2.31. The molecule has 0 aliphatic carbocycles. The normalized spacial score (nSPS) is 10.2. The van der Waals surface area contributed by atoms with Gasteiger partial charge in [-0.3, -0.25) is 40.5 Å². The van der Waals surface area contributed by atoms with E-state index in [2.05, 4.69) is 9.89 Å². The summed E-state index contributed by atoms with van der Waals surface area (Å²) in [6.07, 6.45) is 1.51. The Morgan fingerprint density at radius 1 is 0.457 bits per heavy atom. The number of alkyl halides is 1. The molecule has 0 saturated heterocycles. The number of hydrogen-bond acceptors (Lipinski definition) is 17. The number of carbonyl (C=O) groups is 2. The van der Waals surface area contributed by atoms with Crippen molar-refractivity contribution in [3.8, 4) is 0 Å². The second kappa shape index (κ2) is 40.6. The van der Waals surface area contributed by atoms with Gasteiger partial charge in [0.2, 0.25) is 6.08 Å². The minimum atomic E-state index is -1.23. The van der Waals surface area contributed by atoms with Crippen LogP contribution in [0.2, 0.25) is 35.2 Å². The van der Waals surface area contributed by atoms with E-state index in [9.17, 15) is 54.8 Å². The van der Waals surface area contributed by atoms with Crippen molar-refractivity contribution < 1.29 is 49.4 Å². The number of aliphatic hydroxyl groups is 1. The third-order valence-corrected chi connectivity index (χ3v) is 16.1. The summed E-state index contributed by atoms with van der Waals surface area (Å²) in [5, 5.41) is 71.2. The molecule has 506 valence electrons. The molecule has 0 radical (unpaired) electrons. The Labute approximate surface area is 583 Å². The van der Waals surface area contributed by atoms with Crippen LogP contribution in [0.25, 0.3) is 0 Å². The third-order valence-electron chi connectivity index (χ3n) is 13.1. The van der Waals surface area contributed by atoms with E-state index in [0.717, 1.165) is 69.3 Å². The van der Waals surface area contributed by atoms with E-state index in [1.54, 1.807) is 51.1 Å². The van der Waals surface area contributed by atoms with Crippen LogP contribution in [0, 0.1) is 88.9 Å². The number of carbonyl (C=O) groups excluding carboxylic acids is 1. The van der Waals surface area contributed by atoms with Crippen LogP contribution in [0.1, 0.15) is 87.5 Å². The monoisotopic (exact) mass is 1460 g/mol. The van der Waals surface area contributed by atoms with Crippen LogP contribution in [0.3, 0.4) is 0 Å². The predicted octanol–water partition coefficient (Wildman–Crippen LogP) is 17.5. The lowest BCUT2D eigenvalue weighted by atomic mass is 10.1. The number of aliphatic imine (C=N–C) groups is 1. The van der Waals surface area contributed by atoms with Crippen molar-refractivity contribution >= 4 is 145 Å². The Balaban J connectivity index is 0.000000549. The van der Waals surface area contributed by atoms with Crippen molar-refractivity contribution in [2.75, 3.05) is 48.0 Å². The Hall–Kier alpha value is -7.58. The highest BCUT2D eigenvalue weighted by molar-refractivity contribution is 6.34. The number of nitro benzene ring substituents is 4. The number of aromatic carboxylic acids is 2. The number of anilines is 1. The van der Waals surface area contributed by atoms with E-state index in [4.69, 9.17) is 114 Å². The summed E-state index contributed by atoms with van der Waals surface area (Å²) in [5.41, 5.74) is 16.5. The first-order valence-corrected chi connectivity index (χ1v) is 30.3. The van der Waals surface area contributed by atoms with Crippen LogP contribution in [0.15, 0.2) is 96.0 Å². The molecule has 0 fully saturated rings. The molecule has 31 heteroatoms. The van der Waals surface area contributed by atoms with Gasteiger partial charge in [-0.1, -0.05) is 87.3 Å². The SMILES string of the molecule is Cc1c(Cl)cc(N)cc1CN(C)C.Cc1c(Cl)cc(N=C=O)cc1CN(C)C.Cc1c(Cl)cc([N+](=O)[O-])cc1C(=O)O.Cc1c(Cl)cc([N+](=O)[O-])cc1CCl.Cc1c(Cl)cc([N+](=O)[O-])cc1CN(C)C.Cc1c(Cl)cc([N+](=O)[O-])cc1CO.Cc1c(Cl)cccc1C(=O)O. The lowest BCUT2D eigenvalue weighted by Gasteiger charge is -2.13. The summed E-state index contributed by atoms with van der Waals surface area (Å²) < 4.78 is 0. The molecule has 0 unspecified atom stereocenters. The van der Waals surface area contributed by atoms with Gasteiger partial charge in [0.25, 0.3) is 22.7 Å². The number of hydrogen-bond donors (Lipinski definition) is 4. The van der Waals surface area contributed by atoms with E-state index in [0.29, 0.717) is 65.2 Å². The number of aliphatic hydroxyl groups excluding tert-OH is 1. The van der Waals surface area contributed by atoms with Gasteiger partial charge in [-0.15, -0.1) is 11.6 Å². The summed E-state index contributed by atoms with van der Waals surface area (Å²) in [6.45, 7) is 14.6. The molecule has 0 aliphatic rings. The second-order valence-electron chi connectivity index (χ2n) is 21.0. The number of nitrogens with zero attached hydrogens (tertiary/aromatic N) is 8. The van der Waals surface area contributed by atoms with Gasteiger partial charge in [0.1, 0.15) is 0 Å². The number of nitrogen functional groups attached to an aromatic ring is 1. The topological polar surface area (TPSA) is 333 Å². The first-order chi connectivity index (χ1) is 43.6. The smallest absolute Gasteiger partial charge is 0.336 e. The molecular weight excluding hydrogens is 1390 g/mol. The lowest BCUT2D eigenvalue weighted by molar-refractivity contribution is -0.385. The molecule has 5 N–H and O–H groups in total. The molecule has 0 aromatic heterocycles. The van der Waals surface area contributed by atoms with Gasteiger partial charge in [-0.25, -0.2) is 14.4 Å². The second-order valence-corrected chi connectivity index (χ2v) is 24.1. The molecule has 0 amide bonds. The molecule has 0 heterocycles. The van der Waals surface area contributed by atoms with Gasteiger partial charge in [-0.2, -0.15) is 4.99 Å². The average molecular weight is 1460 g/mol. The number of carboxylic acids is 2. The molecule has 94 heavy (non-hydrogen) atoms. The van der Waals surface area contributed by atoms with Crippen LogP contribution < -0.4 is 5.73 Å². The summed E-state index contributed by atoms with van der Waals surface area (Å²) in [7, 11) is 11.8. The van der Waals surface area contributed by atoms with E-state index in [1.165, 1.54) is 55.0 Å². The standard InChI is InChI=1S/C11H13ClN2O.C10H13ClN2O2.C10H15ClN2.C8H7Cl2NO2.C8H6ClNO4.C8H8ClNO3.C8H7ClO2/c1-8-9(6-14(2)3)4-10(13-7-15)5-11(8)12;1-7-8(6-12(2)3)4-9(13(14)15)5-10(7)11;1-7-8(6-13(2)3)4-9(12)5-10(7)11;1-5-6(4-9)2-7(11(12)13)3-8(5)10;1-4-6(8(11)12)2-5(10(13)14)3-7(4)9;1-5-6(4-11)2-7(10(12)13)3-8(5)9;1-5-6(8(10)11)3-2-4-7(5)9/h2*4-5H,6H2,1-3H3;4-5H,6,12H2,1-3H3;2-3H,4H2,1H3;2-3H,1H3,(H,11,12);2-3,11H,4H2,1H3;2-4H,1H3,(H,10,11). The molecule has 7 aromatic carbocycles. The average Bonchev–Trinajstić information content (AvgIpc) is 1.11. The molecule has 7 aromatic rings. The van der Waals surface area contributed by atoms with Crippen LogP contribution in [0.5, 0.6) is 0 Å². The number of nitro groups is 4. The fourth-order valence-corrected chi connectivity index (χ4v) is 9.57. The highest BCUT2D eigenvalue weighted by Gasteiger charge is 2.19. The number of carboxylic acid groups (broad SMARTS) is 2. The maximum Gasteiger partial charge on any atom is 0.336 e. The van der Waals surface area contributed by atoms with Crippen molar-refractivity contribution in [3.05, 3.63) is 244 Å². The molecule has 7 rings (SSSR count). The zero-order valence-corrected chi connectivity index (χ0v) is 59.3. The highest BCUT2D eigenvalue weighted by atomic mass is 35.5. The van der Waals surface area contributed by atoms with Crippen molar-refractivity contribution in [1.29, 1.82) is 0 Å². The van der Waals surface area contributed by atoms with Crippen molar-refractivity contribution in [3.63, 3.8) is 0 Å². The fourth-order valence-electron chi connectivity index (χ4n) is 7.72. The summed E-state index contributed by atoms with van der Waals surface area (Å²) >= 11 is 46.4. The Morgan fingerprint density at radius 2 is 0.777 bits per heavy atom. The number of rotatable bonds is 15. The first kappa shape index (κ1) is 84.4. The van der Waals surface area contributed by atoms with Crippen LogP contribution in [-0.2, 0) is 36.9 Å². The Bertz CT molecular complexity index is 3790. The van der Waals surface area contributed by atoms with Gasteiger partial charge >= 0.3 is 11.9 Å². The molecule has 0 bridgehead atoms. The largest absolute Gasteiger partial charge is 0.478 e. The zero-order chi connectivity index (χ0) is 72.3. The molecular formula is C63H69Cl8N9O14. The van der Waals surface area contributed by atoms with E-state index in [1.807, 2.05) is 85.0 Å². The van der Waals surface area contributed by atoms with Crippen LogP contribution in [0.4, 0.5) is 34.1 Å². The maximum absolute atomic E-state index is 10.7. The number of benzene rings is 7. The Morgan fingerprint density at radius 3 is 1.14 bits per heavy atom. The van der Waals surface area contributed by atoms with E-state index < -0.39 is 31.6 Å². The quantitative estimate of drug-likeness (QED) is 0.0185. The maximum atomic E-state index is 10.7. The minimum Gasteiger partial charge on any atom is -0.478 e. The van der Waals surface area contributed by atoms with Crippen LogP contribution in [-0.4, -0.2) is 110 Å². The molecule has 0 aliphatic heterocycles. The number of non-ortho nitro benzene ring substituents is 4. The fraction of sp³-hybridized carbons (Fsp3) is 0.286. The van der Waals surface area contributed by atoms with Gasteiger partial charge in [0.15, 0.2) is 0 Å². The predicted molar refractivity (Wildman–Crippen MR) is 374 cm³/mol. The lowest BCUT2D eigenvalue weighted by Crippen LogP contribution is -2.12. The minimum absolute atomic E-state index is 0.0220. The zero-order valence-electron chi connectivity index (χ0n) is 53.2. The van der Waals surface area contributed by atoms with E-state index in [-0.39, 0.29) is 51.4 Å². The van der Waals surface area contributed by atoms with Crippen molar-refractivity contribution in [2.45, 2.75) is 80.6 Å². The number of nitrogens with two attached hydrogens (primary N) is 1. The van der Waals surface area contributed by atoms with Crippen molar-refractivity contribution in [1.82, 2.24) is 14.7 Å². The summed E-state index contributed by atoms with van der Waals surface area (Å²) in [5.74, 6) is -1.94. The Kier molecular flexibility index (Phi) is 36.5. The van der Waals surface area contributed by atoms with Gasteiger partial charge in [-0.05, 0) is 194 Å². The molecule has 0 atom stereocenters. The van der Waals surface area contributed by atoms with Gasteiger partial charge in [0.05, 0.1) is 63.2 Å². The van der Waals surface area contributed by atoms with Crippen LogP contribution >= 0.6 is 92.8 Å². The first-order valence-electron chi connectivity index (χ1n) is 27.1. The van der Waals surface area contributed by atoms with E-state index >= 15 is 0 Å². The third kappa shape index (κ3) is 27.8. The van der Waals surface area contributed by atoms with Gasteiger partial charge in [0, 0.05) is 94.8 Å². The number of isocyanates is 1. The molecule has 0 spiro atoms. The summed E-state index contributed by atoms with van der Waals surface area (Å²) in [6, 6.07) is 22.5. The summed E-state index contributed by atoms with van der Waals surface area (Å²) in [4.78, 5) is 80.7. The van der Waals surface area contributed by atoms with Gasteiger partial charge < -0.3 is 35.8 Å².